The zero-order valence-corrected chi connectivity index (χ0v) is 17.1. The molecule has 2 rings (SSSR count). The second-order valence-corrected chi connectivity index (χ2v) is 8.33. The summed E-state index contributed by atoms with van der Waals surface area (Å²) < 4.78 is 27.6. The highest BCUT2D eigenvalue weighted by molar-refractivity contribution is 7.89. The van der Waals surface area contributed by atoms with Crippen molar-refractivity contribution >= 4 is 15.9 Å². The fourth-order valence-corrected chi connectivity index (χ4v) is 4.27. The van der Waals surface area contributed by atoms with Crippen molar-refractivity contribution in [3.8, 4) is 11.8 Å². The zero-order chi connectivity index (χ0) is 20.2. The maximum absolute atomic E-state index is 12.6. The third-order valence-electron chi connectivity index (χ3n) is 3.99. The van der Waals surface area contributed by atoms with Gasteiger partial charge < -0.3 is 4.90 Å². The lowest BCUT2D eigenvalue weighted by Gasteiger charge is -2.11. The van der Waals surface area contributed by atoms with E-state index in [1.807, 2.05) is 19.1 Å². The molecule has 0 saturated carbocycles. The van der Waals surface area contributed by atoms with Crippen LogP contribution in [-0.4, -0.2) is 39.9 Å². The summed E-state index contributed by atoms with van der Waals surface area (Å²) in [5, 5.41) is 0. The largest absolute Gasteiger partial charge is 0.345 e. The third kappa shape index (κ3) is 5.19. The molecule has 0 radical (unpaired) electrons. The second-order valence-electron chi connectivity index (χ2n) is 6.63. The number of benzene rings is 2. The number of nitrogens with zero attached hydrogens (tertiary/aromatic N) is 1. The highest BCUT2D eigenvalue weighted by Crippen LogP contribution is 2.21. The molecule has 2 aromatic rings. The van der Waals surface area contributed by atoms with Gasteiger partial charge in [-0.2, -0.15) is 4.72 Å². The Hall–Kier alpha value is -2.62. The molecule has 142 valence electrons. The summed E-state index contributed by atoms with van der Waals surface area (Å²) in [5.74, 6) is 5.64. The summed E-state index contributed by atoms with van der Waals surface area (Å²) in [6.45, 7) is 5.52. The van der Waals surface area contributed by atoms with Crippen LogP contribution < -0.4 is 4.72 Å². The Balaban J connectivity index is 2.08. The molecule has 0 atom stereocenters. The van der Waals surface area contributed by atoms with Gasteiger partial charge in [-0.1, -0.05) is 29.5 Å². The molecule has 0 unspecified atom stereocenters. The predicted octanol–water partition coefficient (Wildman–Crippen LogP) is 2.64. The lowest BCUT2D eigenvalue weighted by atomic mass is 10.1. The van der Waals surface area contributed by atoms with Crippen molar-refractivity contribution in [2.24, 2.45) is 0 Å². The molecule has 0 aliphatic carbocycles. The molecule has 5 nitrogen and oxygen atoms in total. The molecular formula is C21H24N2O3S. The van der Waals surface area contributed by atoms with E-state index >= 15 is 0 Å². The monoisotopic (exact) mass is 384 g/mol. The Labute approximate surface area is 161 Å². The Kier molecular flexibility index (Phi) is 6.42. The number of amides is 1. The second kappa shape index (κ2) is 8.38. The van der Waals surface area contributed by atoms with E-state index < -0.39 is 10.0 Å². The van der Waals surface area contributed by atoms with E-state index in [2.05, 4.69) is 16.6 Å². The van der Waals surface area contributed by atoms with E-state index in [1.54, 1.807) is 52.2 Å². The predicted molar refractivity (Wildman–Crippen MR) is 107 cm³/mol. The first kappa shape index (κ1) is 20.7. The molecule has 27 heavy (non-hydrogen) atoms. The molecule has 1 N–H and O–H groups in total. The van der Waals surface area contributed by atoms with Crippen LogP contribution in [0.15, 0.2) is 41.3 Å². The number of hydrogen-bond acceptors (Lipinski definition) is 3. The van der Waals surface area contributed by atoms with Gasteiger partial charge in [0.15, 0.2) is 0 Å². The van der Waals surface area contributed by atoms with Crippen LogP contribution in [0.5, 0.6) is 0 Å². The van der Waals surface area contributed by atoms with Crippen LogP contribution in [0.2, 0.25) is 0 Å². The number of rotatable bonds is 4. The molecule has 0 aliphatic heterocycles. The average Bonchev–Trinajstić information content (AvgIpc) is 2.57. The van der Waals surface area contributed by atoms with Crippen molar-refractivity contribution in [2.75, 3.05) is 20.6 Å². The van der Waals surface area contributed by atoms with Crippen LogP contribution in [0.25, 0.3) is 0 Å². The van der Waals surface area contributed by atoms with Crippen molar-refractivity contribution in [2.45, 2.75) is 25.7 Å². The topological polar surface area (TPSA) is 66.5 Å². The SMILES string of the molecule is Cc1cc(C)c(S(=O)(=O)NCC#Cc2ccc(C(=O)N(C)C)cc2)c(C)c1. The van der Waals surface area contributed by atoms with Crippen molar-refractivity contribution in [1.82, 2.24) is 9.62 Å². The first-order valence-electron chi connectivity index (χ1n) is 8.50. The first-order chi connectivity index (χ1) is 12.6. The molecule has 0 heterocycles. The molecule has 0 saturated heterocycles. The van der Waals surface area contributed by atoms with Gasteiger partial charge in [0.1, 0.15) is 0 Å². The summed E-state index contributed by atoms with van der Waals surface area (Å²) in [7, 11) is -0.235. The van der Waals surface area contributed by atoms with Crippen molar-refractivity contribution < 1.29 is 13.2 Å². The van der Waals surface area contributed by atoms with E-state index in [9.17, 15) is 13.2 Å². The van der Waals surface area contributed by atoms with Crippen LogP contribution in [-0.2, 0) is 10.0 Å². The summed E-state index contributed by atoms with van der Waals surface area (Å²) in [6.07, 6.45) is 0. The van der Waals surface area contributed by atoms with Crippen molar-refractivity contribution in [3.05, 3.63) is 64.2 Å². The summed E-state index contributed by atoms with van der Waals surface area (Å²) >= 11 is 0. The molecule has 0 fully saturated rings. The number of nitrogens with one attached hydrogen (secondary N) is 1. The van der Waals surface area contributed by atoms with Gasteiger partial charge in [-0.05, 0) is 56.2 Å². The van der Waals surface area contributed by atoms with E-state index in [1.165, 1.54) is 4.90 Å². The van der Waals surface area contributed by atoms with Crippen molar-refractivity contribution in [3.63, 3.8) is 0 Å². The van der Waals surface area contributed by atoms with Gasteiger partial charge in [-0.15, -0.1) is 0 Å². The fourth-order valence-electron chi connectivity index (χ4n) is 2.89. The standard InChI is InChI=1S/C21H24N2O3S/c1-15-13-16(2)20(17(3)14-15)27(25,26)22-12-6-7-18-8-10-19(11-9-18)21(24)23(4)5/h8-11,13-14,22H,12H2,1-5H3. The summed E-state index contributed by atoms with van der Waals surface area (Å²) in [6, 6.07) is 10.6. The maximum atomic E-state index is 12.6. The smallest absolute Gasteiger partial charge is 0.253 e. The highest BCUT2D eigenvalue weighted by atomic mass is 32.2. The molecule has 0 bridgehead atoms. The lowest BCUT2D eigenvalue weighted by molar-refractivity contribution is 0.0827. The molecule has 0 aromatic heterocycles. The molecule has 6 heteroatoms. The van der Waals surface area contributed by atoms with Crippen LogP contribution >= 0.6 is 0 Å². The normalized spacial score (nSPS) is 10.9. The molecule has 1 amide bonds. The van der Waals surface area contributed by atoms with Gasteiger partial charge in [0.05, 0.1) is 11.4 Å². The number of carbonyl (C=O) groups excluding carboxylic acids is 1. The van der Waals surface area contributed by atoms with E-state index in [0.29, 0.717) is 27.1 Å². The zero-order valence-electron chi connectivity index (χ0n) is 16.3. The Morgan fingerprint density at radius 2 is 1.59 bits per heavy atom. The summed E-state index contributed by atoms with van der Waals surface area (Å²) in [5.41, 5.74) is 3.76. The lowest BCUT2D eigenvalue weighted by Crippen LogP contribution is -2.25. The number of sulfonamides is 1. The fraction of sp³-hybridized carbons (Fsp3) is 0.286. The molecule has 0 aliphatic rings. The van der Waals surface area contributed by atoms with Gasteiger partial charge in [0.25, 0.3) is 5.91 Å². The average molecular weight is 385 g/mol. The quantitative estimate of drug-likeness (QED) is 0.824. The minimum Gasteiger partial charge on any atom is -0.345 e. The van der Waals surface area contributed by atoms with Crippen molar-refractivity contribution in [1.29, 1.82) is 0 Å². The van der Waals surface area contributed by atoms with E-state index in [0.717, 1.165) is 5.56 Å². The Bertz CT molecular complexity index is 989. The molecule has 2 aromatic carbocycles. The highest BCUT2D eigenvalue weighted by Gasteiger charge is 2.18. The first-order valence-corrected chi connectivity index (χ1v) is 9.98. The Morgan fingerprint density at radius 1 is 1.04 bits per heavy atom. The van der Waals surface area contributed by atoms with Gasteiger partial charge in [0.2, 0.25) is 10.0 Å². The third-order valence-corrected chi connectivity index (χ3v) is 5.70. The minimum absolute atomic E-state index is 0.00741. The minimum atomic E-state index is -3.62. The van der Waals surface area contributed by atoms with E-state index in [4.69, 9.17) is 0 Å². The number of aryl methyl sites for hydroxylation is 3. The van der Waals surface area contributed by atoms with E-state index in [-0.39, 0.29) is 12.5 Å². The van der Waals surface area contributed by atoms with Gasteiger partial charge in [-0.25, -0.2) is 8.42 Å². The molecule has 0 spiro atoms. The number of carbonyl (C=O) groups is 1. The summed E-state index contributed by atoms with van der Waals surface area (Å²) in [4.78, 5) is 13.7. The van der Waals surface area contributed by atoms with Gasteiger partial charge in [-0.3, -0.25) is 4.79 Å². The van der Waals surface area contributed by atoms with Gasteiger partial charge >= 0.3 is 0 Å². The maximum Gasteiger partial charge on any atom is 0.253 e. The molecular weight excluding hydrogens is 360 g/mol. The van der Waals surface area contributed by atoms with Gasteiger partial charge in [0, 0.05) is 25.2 Å². The van der Waals surface area contributed by atoms with Crippen LogP contribution in [0.1, 0.15) is 32.6 Å². The Morgan fingerprint density at radius 3 is 2.11 bits per heavy atom. The van der Waals surface area contributed by atoms with Crippen LogP contribution in [0.4, 0.5) is 0 Å². The van der Waals surface area contributed by atoms with Crippen LogP contribution in [0, 0.1) is 32.6 Å². The number of hydrogen-bond donors (Lipinski definition) is 1. The van der Waals surface area contributed by atoms with Crippen LogP contribution in [0.3, 0.4) is 0 Å².